The number of benzene rings is 1. The summed E-state index contributed by atoms with van der Waals surface area (Å²) in [7, 11) is 0. The van der Waals surface area contributed by atoms with Gasteiger partial charge in [0.05, 0.1) is 0 Å². The molecule has 0 aliphatic carbocycles. The van der Waals surface area contributed by atoms with Crippen LogP contribution in [0.3, 0.4) is 0 Å². The highest BCUT2D eigenvalue weighted by Crippen LogP contribution is 2.07. The van der Waals surface area contributed by atoms with E-state index in [2.05, 4.69) is 19.2 Å². The van der Waals surface area contributed by atoms with Gasteiger partial charge in [0.1, 0.15) is 5.75 Å². The van der Waals surface area contributed by atoms with Crippen LogP contribution >= 0.6 is 0 Å². The number of aromatic hydroxyl groups is 1. The predicted octanol–water partition coefficient (Wildman–Crippen LogP) is 3.10. The summed E-state index contributed by atoms with van der Waals surface area (Å²) >= 11 is 0. The third-order valence-corrected chi connectivity index (χ3v) is 1.89. The summed E-state index contributed by atoms with van der Waals surface area (Å²) in [6, 6.07) is 7.09. The van der Waals surface area contributed by atoms with Gasteiger partial charge in [-0.2, -0.15) is 0 Å². The number of phenols is 1. The molecule has 0 aliphatic heterocycles. The second-order valence-corrected chi connectivity index (χ2v) is 3.59. The van der Waals surface area contributed by atoms with Gasteiger partial charge in [-0.3, -0.25) is 0 Å². The van der Waals surface area contributed by atoms with Gasteiger partial charge in [-0.1, -0.05) is 31.5 Å². The van der Waals surface area contributed by atoms with Crippen LogP contribution in [-0.2, 0) is 0 Å². The van der Waals surface area contributed by atoms with Gasteiger partial charge in [0.15, 0.2) is 0 Å². The lowest BCUT2D eigenvalue weighted by molar-refractivity contribution is 0.475. The fraction of sp³-hybridized carbons (Fsp3) is 0.538. The SMILES string of the molecule is CCCNCCC.Cc1ccc(O)cc1. The molecule has 0 saturated carbocycles. The van der Waals surface area contributed by atoms with Crippen LogP contribution in [0.2, 0.25) is 0 Å². The van der Waals surface area contributed by atoms with Crippen molar-refractivity contribution in [3.8, 4) is 5.75 Å². The minimum absolute atomic E-state index is 0.329. The van der Waals surface area contributed by atoms with E-state index in [-0.39, 0.29) is 0 Å². The zero-order chi connectivity index (χ0) is 11.5. The normalized spacial score (nSPS) is 9.27. The average molecular weight is 209 g/mol. The van der Waals surface area contributed by atoms with E-state index >= 15 is 0 Å². The number of hydrogen-bond acceptors (Lipinski definition) is 2. The summed E-state index contributed by atoms with van der Waals surface area (Å²) in [5.74, 6) is 0.329. The topological polar surface area (TPSA) is 32.3 Å². The summed E-state index contributed by atoms with van der Waals surface area (Å²) in [6.07, 6.45) is 2.50. The Morgan fingerprint density at radius 3 is 1.80 bits per heavy atom. The molecule has 0 unspecified atom stereocenters. The van der Waals surface area contributed by atoms with Gasteiger partial charge >= 0.3 is 0 Å². The Bertz CT molecular complexity index is 206. The maximum absolute atomic E-state index is 8.76. The summed E-state index contributed by atoms with van der Waals surface area (Å²) in [4.78, 5) is 0. The minimum Gasteiger partial charge on any atom is -0.508 e. The summed E-state index contributed by atoms with van der Waals surface area (Å²) in [6.45, 7) is 8.70. The smallest absolute Gasteiger partial charge is 0.115 e. The van der Waals surface area contributed by atoms with Gasteiger partial charge in [-0.15, -0.1) is 0 Å². The van der Waals surface area contributed by atoms with Crippen molar-refractivity contribution >= 4 is 0 Å². The molecule has 1 aromatic rings. The summed E-state index contributed by atoms with van der Waals surface area (Å²) < 4.78 is 0. The molecule has 0 bridgehead atoms. The van der Waals surface area contributed by atoms with Crippen LogP contribution < -0.4 is 5.32 Å². The van der Waals surface area contributed by atoms with Gasteiger partial charge < -0.3 is 10.4 Å². The van der Waals surface area contributed by atoms with Gasteiger partial charge in [0.25, 0.3) is 0 Å². The van der Waals surface area contributed by atoms with E-state index in [9.17, 15) is 0 Å². The number of nitrogens with one attached hydrogen (secondary N) is 1. The Labute approximate surface area is 93.3 Å². The molecule has 1 rings (SSSR count). The van der Waals surface area contributed by atoms with Crippen molar-refractivity contribution in [3.63, 3.8) is 0 Å². The molecule has 2 nitrogen and oxygen atoms in total. The maximum Gasteiger partial charge on any atom is 0.115 e. The molecule has 2 heteroatoms. The van der Waals surface area contributed by atoms with Crippen LogP contribution in [0.4, 0.5) is 0 Å². The lowest BCUT2D eigenvalue weighted by Crippen LogP contribution is -2.14. The van der Waals surface area contributed by atoms with Crippen molar-refractivity contribution < 1.29 is 5.11 Å². The molecule has 0 saturated heterocycles. The molecule has 0 radical (unpaired) electrons. The molecule has 1 aromatic carbocycles. The zero-order valence-corrected chi connectivity index (χ0v) is 10.1. The fourth-order valence-corrected chi connectivity index (χ4v) is 1.02. The van der Waals surface area contributed by atoms with Crippen molar-refractivity contribution in [2.24, 2.45) is 0 Å². The predicted molar refractivity (Wildman–Crippen MR) is 66.3 cm³/mol. The quantitative estimate of drug-likeness (QED) is 0.747. The van der Waals surface area contributed by atoms with Gasteiger partial charge in [0.2, 0.25) is 0 Å². The highest BCUT2D eigenvalue weighted by Gasteiger charge is 1.82. The van der Waals surface area contributed by atoms with Crippen molar-refractivity contribution in [1.82, 2.24) is 5.32 Å². The third kappa shape index (κ3) is 9.29. The molecule has 0 spiro atoms. The molecule has 0 aliphatic rings. The largest absolute Gasteiger partial charge is 0.508 e. The van der Waals surface area contributed by atoms with E-state index in [1.54, 1.807) is 12.1 Å². The molecule has 0 fully saturated rings. The molecule has 15 heavy (non-hydrogen) atoms. The van der Waals surface area contributed by atoms with Crippen molar-refractivity contribution in [1.29, 1.82) is 0 Å². The first-order chi connectivity index (χ1) is 7.20. The molecule has 86 valence electrons. The van der Waals surface area contributed by atoms with Gasteiger partial charge in [-0.25, -0.2) is 0 Å². The van der Waals surface area contributed by atoms with E-state index in [0.717, 1.165) is 0 Å². The molecule has 2 N–H and O–H groups in total. The Hall–Kier alpha value is -1.02. The lowest BCUT2D eigenvalue weighted by atomic mass is 10.2. The summed E-state index contributed by atoms with van der Waals surface area (Å²) in [5, 5.41) is 12.0. The van der Waals surface area contributed by atoms with Crippen LogP contribution in [0, 0.1) is 6.92 Å². The highest BCUT2D eigenvalue weighted by atomic mass is 16.3. The first-order valence-corrected chi connectivity index (χ1v) is 5.67. The Balaban J connectivity index is 0.000000265. The molecule has 0 amide bonds. The Morgan fingerprint density at radius 1 is 1.00 bits per heavy atom. The van der Waals surface area contributed by atoms with Gasteiger partial charge in [0, 0.05) is 0 Å². The van der Waals surface area contributed by atoms with E-state index in [4.69, 9.17) is 5.11 Å². The second-order valence-electron chi connectivity index (χ2n) is 3.59. The average Bonchev–Trinajstić information content (AvgIpc) is 2.24. The first-order valence-electron chi connectivity index (χ1n) is 5.67. The lowest BCUT2D eigenvalue weighted by Gasteiger charge is -1.95. The van der Waals surface area contributed by atoms with Crippen molar-refractivity contribution in [2.45, 2.75) is 33.6 Å². The molecular formula is C13H23NO. The molecular weight excluding hydrogens is 186 g/mol. The van der Waals surface area contributed by atoms with Crippen LogP contribution in [-0.4, -0.2) is 18.2 Å². The van der Waals surface area contributed by atoms with E-state index in [1.807, 2.05) is 19.1 Å². The number of hydrogen-bond donors (Lipinski definition) is 2. The fourth-order valence-electron chi connectivity index (χ4n) is 1.02. The van der Waals surface area contributed by atoms with E-state index < -0.39 is 0 Å². The van der Waals surface area contributed by atoms with E-state index in [1.165, 1.54) is 31.5 Å². The minimum atomic E-state index is 0.329. The summed E-state index contributed by atoms with van der Waals surface area (Å²) in [5.41, 5.74) is 1.17. The monoisotopic (exact) mass is 209 g/mol. The number of phenolic OH excluding ortho intramolecular Hbond substituents is 1. The molecule has 0 atom stereocenters. The van der Waals surface area contributed by atoms with Crippen molar-refractivity contribution in [2.75, 3.05) is 13.1 Å². The number of rotatable bonds is 4. The molecule has 0 heterocycles. The highest BCUT2D eigenvalue weighted by molar-refractivity contribution is 5.24. The molecule has 0 aromatic heterocycles. The number of aryl methyl sites for hydroxylation is 1. The zero-order valence-electron chi connectivity index (χ0n) is 10.1. The standard InChI is InChI=1S/C7H8O.C6H15N/c1-6-2-4-7(8)5-3-6;1-3-5-7-6-4-2/h2-5,8H,1H3;7H,3-6H2,1-2H3. The van der Waals surface area contributed by atoms with Crippen LogP contribution in [0.15, 0.2) is 24.3 Å². The Kier molecular flexibility index (Phi) is 8.88. The van der Waals surface area contributed by atoms with Crippen molar-refractivity contribution in [3.05, 3.63) is 29.8 Å². The van der Waals surface area contributed by atoms with Crippen LogP contribution in [0.25, 0.3) is 0 Å². The van der Waals surface area contributed by atoms with Gasteiger partial charge in [-0.05, 0) is 45.0 Å². The van der Waals surface area contributed by atoms with Crippen LogP contribution in [0.1, 0.15) is 32.3 Å². The van der Waals surface area contributed by atoms with Crippen LogP contribution in [0.5, 0.6) is 5.75 Å². The maximum atomic E-state index is 8.76. The Morgan fingerprint density at radius 2 is 1.47 bits per heavy atom. The third-order valence-electron chi connectivity index (χ3n) is 1.89. The first kappa shape index (κ1) is 14.0. The van der Waals surface area contributed by atoms with E-state index in [0.29, 0.717) is 5.75 Å². The second kappa shape index (κ2) is 9.53.